The molecule has 1 saturated heterocycles. The number of amides is 3. The zero-order valence-electron chi connectivity index (χ0n) is 14.2. The van der Waals surface area contributed by atoms with E-state index in [0.717, 1.165) is 16.8 Å². The van der Waals surface area contributed by atoms with E-state index < -0.39 is 0 Å². The van der Waals surface area contributed by atoms with Crippen LogP contribution in [0.2, 0.25) is 0 Å². The van der Waals surface area contributed by atoms with Gasteiger partial charge in [0.05, 0.1) is 6.04 Å². The second-order valence-electron chi connectivity index (χ2n) is 6.23. The third kappa shape index (κ3) is 3.79. The number of carbonyl (C=O) groups is 2. The van der Waals surface area contributed by atoms with Gasteiger partial charge in [-0.15, -0.1) is 0 Å². The van der Waals surface area contributed by atoms with E-state index in [1.165, 1.54) is 12.1 Å². The van der Waals surface area contributed by atoms with E-state index in [1.54, 1.807) is 17.0 Å². The molecule has 0 aromatic heterocycles. The lowest BCUT2D eigenvalue weighted by molar-refractivity contribution is -0.117. The van der Waals surface area contributed by atoms with Gasteiger partial charge in [-0.1, -0.05) is 12.1 Å². The smallest absolute Gasteiger partial charge is 0.319 e. The maximum atomic E-state index is 13.0. The summed E-state index contributed by atoms with van der Waals surface area (Å²) in [6.45, 7) is 4.29. The lowest BCUT2D eigenvalue weighted by atomic mass is 10.1. The van der Waals surface area contributed by atoms with Crippen LogP contribution in [-0.2, 0) is 4.79 Å². The monoisotopic (exact) mass is 341 g/mol. The standard InChI is InChI=1S/C19H20FN3O2/c1-12-4-3-5-17(13(12)2)22-19(25)21-15-10-18(24)23(11-15)16-8-6-14(20)7-9-16/h3-9,15H,10-11H2,1-2H3,(H2,21,22,25)/t15-/m0/s1. The van der Waals surface area contributed by atoms with Gasteiger partial charge in [0.1, 0.15) is 5.82 Å². The molecule has 2 aromatic carbocycles. The molecule has 0 aliphatic carbocycles. The Morgan fingerprint density at radius 1 is 1.16 bits per heavy atom. The van der Waals surface area contributed by atoms with E-state index >= 15 is 0 Å². The second kappa shape index (κ2) is 6.93. The first kappa shape index (κ1) is 17.0. The summed E-state index contributed by atoms with van der Waals surface area (Å²) in [5.74, 6) is -0.443. The molecule has 2 N–H and O–H groups in total. The summed E-state index contributed by atoms with van der Waals surface area (Å²) in [7, 11) is 0. The Morgan fingerprint density at radius 2 is 1.88 bits per heavy atom. The summed E-state index contributed by atoms with van der Waals surface area (Å²) < 4.78 is 13.0. The molecule has 0 unspecified atom stereocenters. The van der Waals surface area contributed by atoms with Crippen molar-refractivity contribution in [3.8, 4) is 0 Å². The Kier molecular flexibility index (Phi) is 4.70. The number of aryl methyl sites for hydroxylation is 1. The highest BCUT2D eigenvalue weighted by molar-refractivity contribution is 5.97. The van der Waals surface area contributed by atoms with Crippen LogP contribution in [0.5, 0.6) is 0 Å². The van der Waals surface area contributed by atoms with Crippen LogP contribution in [-0.4, -0.2) is 24.5 Å². The fourth-order valence-electron chi connectivity index (χ4n) is 2.91. The third-order valence-electron chi connectivity index (χ3n) is 4.45. The minimum absolute atomic E-state index is 0.0938. The minimum Gasteiger partial charge on any atom is -0.333 e. The fourth-order valence-corrected chi connectivity index (χ4v) is 2.91. The van der Waals surface area contributed by atoms with Crippen LogP contribution in [0.25, 0.3) is 0 Å². The Balaban J connectivity index is 1.62. The molecule has 0 bridgehead atoms. The summed E-state index contributed by atoms with van der Waals surface area (Å²) >= 11 is 0. The number of rotatable bonds is 3. The number of hydrogen-bond acceptors (Lipinski definition) is 2. The number of urea groups is 1. The van der Waals surface area contributed by atoms with Crippen molar-refractivity contribution in [3.63, 3.8) is 0 Å². The van der Waals surface area contributed by atoms with Crippen LogP contribution in [0, 0.1) is 19.7 Å². The molecule has 1 aliphatic heterocycles. The van der Waals surface area contributed by atoms with E-state index in [0.29, 0.717) is 12.2 Å². The van der Waals surface area contributed by atoms with Gasteiger partial charge >= 0.3 is 6.03 Å². The van der Waals surface area contributed by atoms with Crippen molar-refractivity contribution in [2.24, 2.45) is 0 Å². The molecule has 1 aliphatic rings. The van der Waals surface area contributed by atoms with Crippen molar-refractivity contribution in [1.82, 2.24) is 5.32 Å². The molecule has 1 fully saturated rings. The summed E-state index contributed by atoms with van der Waals surface area (Å²) in [4.78, 5) is 26.0. The summed E-state index contributed by atoms with van der Waals surface area (Å²) in [5.41, 5.74) is 3.48. The first-order valence-corrected chi connectivity index (χ1v) is 8.13. The predicted octanol–water partition coefficient (Wildman–Crippen LogP) is 3.37. The fraction of sp³-hybridized carbons (Fsp3) is 0.263. The van der Waals surface area contributed by atoms with Gasteiger partial charge in [0.25, 0.3) is 0 Å². The maximum Gasteiger partial charge on any atom is 0.319 e. The first-order valence-electron chi connectivity index (χ1n) is 8.13. The normalized spacial score (nSPS) is 16.8. The zero-order valence-corrected chi connectivity index (χ0v) is 14.2. The molecule has 3 amide bonds. The molecule has 25 heavy (non-hydrogen) atoms. The van der Waals surface area contributed by atoms with E-state index in [4.69, 9.17) is 0 Å². The molecule has 130 valence electrons. The van der Waals surface area contributed by atoms with Crippen molar-refractivity contribution in [2.75, 3.05) is 16.8 Å². The third-order valence-corrected chi connectivity index (χ3v) is 4.45. The highest BCUT2D eigenvalue weighted by Gasteiger charge is 2.31. The molecule has 6 heteroatoms. The largest absolute Gasteiger partial charge is 0.333 e. The van der Waals surface area contributed by atoms with Gasteiger partial charge in [0, 0.05) is 24.3 Å². The molecular formula is C19H20FN3O2. The molecule has 0 radical (unpaired) electrons. The Hall–Kier alpha value is -2.89. The summed E-state index contributed by atoms with van der Waals surface area (Å²) in [6, 6.07) is 10.8. The molecule has 2 aromatic rings. The van der Waals surface area contributed by atoms with Gasteiger partial charge in [-0.25, -0.2) is 9.18 Å². The molecule has 5 nitrogen and oxygen atoms in total. The van der Waals surface area contributed by atoms with Gasteiger partial charge in [-0.05, 0) is 55.3 Å². The van der Waals surface area contributed by atoms with Crippen molar-refractivity contribution in [1.29, 1.82) is 0 Å². The van der Waals surface area contributed by atoms with Crippen LogP contribution in [0.4, 0.5) is 20.6 Å². The zero-order chi connectivity index (χ0) is 18.0. The maximum absolute atomic E-state index is 13.0. The molecule has 1 heterocycles. The first-order chi connectivity index (χ1) is 11.9. The Bertz CT molecular complexity index is 805. The van der Waals surface area contributed by atoms with Crippen molar-refractivity contribution in [3.05, 3.63) is 59.4 Å². The number of carbonyl (C=O) groups excluding carboxylic acids is 2. The van der Waals surface area contributed by atoms with Gasteiger partial charge < -0.3 is 15.5 Å². The van der Waals surface area contributed by atoms with Crippen LogP contribution in [0.1, 0.15) is 17.5 Å². The molecule has 3 rings (SSSR count). The highest BCUT2D eigenvalue weighted by Crippen LogP contribution is 2.22. The van der Waals surface area contributed by atoms with Crippen LogP contribution in [0.15, 0.2) is 42.5 Å². The lowest BCUT2D eigenvalue weighted by Gasteiger charge is -2.18. The SMILES string of the molecule is Cc1cccc(NC(=O)N[C@H]2CC(=O)N(c3ccc(F)cc3)C2)c1C. The quantitative estimate of drug-likeness (QED) is 0.899. The van der Waals surface area contributed by atoms with Crippen LogP contribution in [0.3, 0.4) is 0 Å². The minimum atomic E-state index is -0.349. The number of anilines is 2. The number of halogens is 1. The number of nitrogens with zero attached hydrogens (tertiary/aromatic N) is 1. The topological polar surface area (TPSA) is 61.4 Å². The number of hydrogen-bond donors (Lipinski definition) is 2. The summed E-state index contributed by atoms with van der Waals surface area (Å²) in [6.07, 6.45) is 0.220. The second-order valence-corrected chi connectivity index (χ2v) is 6.23. The predicted molar refractivity (Wildman–Crippen MR) is 95.2 cm³/mol. The lowest BCUT2D eigenvalue weighted by Crippen LogP contribution is -2.39. The van der Waals surface area contributed by atoms with E-state index in [-0.39, 0.29) is 30.2 Å². The molecule has 0 spiro atoms. The van der Waals surface area contributed by atoms with Crippen molar-refractivity contribution in [2.45, 2.75) is 26.3 Å². The Morgan fingerprint density at radius 3 is 2.60 bits per heavy atom. The van der Waals surface area contributed by atoms with Crippen LogP contribution >= 0.6 is 0 Å². The van der Waals surface area contributed by atoms with Crippen LogP contribution < -0.4 is 15.5 Å². The number of nitrogens with one attached hydrogen (secondary N) is 2. The molecule has 1 atom stereocenters. The van der Waals surface area contributed by atoms with E-state index in [2.05, 4.69) is 10.6 Å². The number of benzene rings is 2. The average Bonchev–Trinajstić information content (AvgIpc) is 2.93. The van der Waals surface area contributed by atoms with E-state index in [1.807, 2.05) is 32.0 Å². The van der Waals surface area contributed by atoms with Crippen molar-refractivity contribution < 1.29 is 14.0 Å². The van der Waals surface area contributed by atoms with Crippen molar-refractivity contribution >= 4 is 23.3 Å². The van der Waals surface area contributed by atoms with Gasteiger partial charge in [-0.2, -0.15) is 0 Å². The van der Waals surface area contributed by atoms with Gasteiger partial charge in [-0.3, -0.25) is 4.79 Å². The van der Waals surface area contributed by atoms with Gasteiger partial charge in [0.15, 0.2) is 0 Å². The van der Waals surface area contributed by atoms with E-state index in [9.17, 15) is 14.0 Å². The summed E-state index contributed by atoms with van der Waals surface area (Å²) in [5, 5.41) is 5.65. The Labute approximate surface area is 145 Å². The molecular weight excluding hydrogens is 321 g/mol. The van der Waals surface area contributed by atoms with Gasteiger partial charge in [0.2, 0.25) is 5.91 Å². The average molecular weight is 341 g/mol. The highest BCUT2D eigenvalue weighted by atomic mass is 19.1. The molecule has 0 saturated carbocycles.